The summed E-state index contributed by atoms with van der Waals surface area (Å²) in [5, 5.41) is 0. The number of carbonyl (C=O) groups is 1. The number of rotatable bonds is 6. The number of sulfonamides is 1. The van der Waals surface area contributed by atoms with Gasteiger partial charge < -0.3 is 0 Å². The molecule has 4 nitrogen and oxygen atoms in total. The predicted molar refractivity (Wildman–Crippen MR) is 76.3 cm³/mol. The number of nitrogens with one attached hydrogen (secondary N) is 1. The second kappa shape index (κ2) is 6.70. The van der Waals surface area contributed by atoms with Crippen molar-refractivity contribution in [2.45, 2.75) is 33.1 Å². The Morgan fingerprint density at radius 1 is 1.16 bits per heavy atom. The zero-order valence-corrected chi connectivity index (χ0v) is 12.5. The fourth-order valence-corrected chi connectivity index (χ4v) is 2.34. The molecule has 0 spiro atoms. The summed E-state index contributed by atoms with van der Waals surface area (Å²) in [6, 6.07) is 8.10. The molecule has 1 rings (SSSR count). The van der Waals surface area contributed by atoms with Crippen LogP contribution < -0.4 is 4.72 Å². The Morgan fingerprint density at radius 2 is 1.68 bits per heavy atom. The van der Waals surface area contributed by atoms with Crippen LogP contribution >= 0.6 is 0 Å². The van der Waals surface area contributed by atoms with Crippen LogP contribution in [0, 0.1) is 5.92 Å². The third kappa shape index (κ3) is 6.96. The van der Waals surface area contributed by atoms with Gasteiger partial charge in [0, 0.05) is 6.42 Å². The van der Waals surface area contributed by atoms with Crippen molar-refractivity contribution in [2.75, 3.05) is 6.26 Å². The number of carbonyl (C=O) groups excluding carboxylic acids is 1. The lowest BCUT2D eigenvalue weighted by Gasteiger charge is -2.06. The molecule has 5 heteroatoms. The molecule has 0 aliphatic heterocycles. The topological polar surface area (TPSA) is 63.2 Å². The predicted octanol–water partition coefficient (Wildman–Crippen LogP) is 1.89. The van der Waals surface area contributed by atoms with Gasteiger partial charge in [0.2, 0.25) is 15.9 Å². The maximum Gasteiger partial charge on any atom is 0.233 e. The first kappa shape index (κ1) is 15.7. The van der Waals surface area contributed by atoms with Gasteiger partial charge in [0.1, 0.15) is 0 Å². The maximum atomic E-state index is 11.4. The number of amides is 1. The van der Waals surface area contributed by atoms with Gasteiger partial charge in [0.05, 0.1) is 6.26 Å². The molecule has 1 N–H and O–H groups in total. The second-order valence-corrected chi connectivity index (χ2v) is 6.96. The van der Waals surface area contributed by atoms with Crippen LogP contribution in [0.1, 0.15) is 31.4 Å². The number of hydrogen-bond acceptors (Lipinski definition) is 3. The number of aryl methyl sites for hydroxylation is 1. The van der Waals surface area contributed by atoms with E-state index < -0.39 is 15.9 Å². The molecule has 0 heterocycles. The van der Waals surface area contributed by atoms with E-state index in [1.165, 1.54) is 5.56 Å². The number of hydrogen-bond donors (Lipinski definition) is 1. The summed E-state index contributed by atoms with van der Waals surface area (Å²) in [7, 11) is -3.45. The third-order valence-electron chi connectivity index (χ3n) is 2.61. The van der Waals surface area contributed by atoms with Crippen molar-refractivity contribution >= 4 is 15.9 Å². The van der Waals surface area contributed by atoms with Crippen LogP contribution in [-0.4, -0.2) is 20.6 Å². The van der Waals surface area contributed by atoms with Gasteiger partial charge in [-0.2, -0.15) is 0 Å². The lowest BCUT2D eigenvalue weighted by atomic mass is 10.0. The van der Waals surface area contributed by atoms with Crippen molar-refractivity contribution in [3.05, 3.63) is 35.4 Å². The summed E-state index contributed by atoms with van der Waals surface area (Å²) in [6.45, 7) is 4.34. The van der Waals surface area contributed by atoms with Crippen LogP contribution in [0.2, 0.25) is 0 Å². The Bertz CT molecular complexity index is 518. The molecule has 1 amide bonds. The molecule has 1 aromatic rings. The summed E-state index contributed by atoms with van der Waals surface area (Å²) in [6.07, 6.45) is 2.74. The van der Waals surface area contributed by atoms with Crippen LogP contribution in [0.15, 0.2) is 24.3 Å². The molecule has 106 valence electrons. The molecular formula is C14H21NO3S. The van der Waals surface area contributed by atoms with Crippen LogP contribution in [0.4, 0.5) is 0 Å². The minimum atomic E-state index is -3.45. The molecule has 1 aromatic carbocycles. The van der Waals surface area contributed by atoms with E-state index in [9.17, 15) is 13.2 Å². The molecule has 0 aliphatic carbocycles. The van der Waals surface area contributed by atoms with Gasteiger partial charge in [-0.05, 0) is 29.9 Å². The van der Waals surface area contributed by atoms with Crippen molar-refractivity contribution in [3.8, 4) is 0 Å². The molecule has 0 saturated carbocycles. The van der Waals surface area contributed by atoms with E-state index in [2.05, 4.69) is 26.0 Å². The lowest BCUT2D eigenvalue weighted by molar-refractivity contribution is -0.119. The van der Waals surface area contributed by atoms with Crippen molar-refractivity contribution < 1.29 is 13.2 Å². The van der Waals surface area contributed by atoms with Gasteiger partial charge in [-0.1, -0.05) is 38.1 Å². The van der Waals surface area contributed by atoms with E-state index >= 15 is 0 Å². The molecule has 0 unspecified atom stereocenters. The molecule has 0 aliphatic rings. The summed E-state index contributed by atoms with van der Waals surface area (Å²) >= 11 is 0. The molecule has 0 bridgehead atoms. The standard InChI is InChI=1S/C14H21NO3S/c1-11(2)10-13-6-4-12(5-7-13)8-9-14(16)15-19(3,17)18/h4-7,11H,8-10H2,1-3H3,(H,15,16). The lowest BCUT2D eigenvalue weighted by Crippen LogP contribution is -2.29. The average molecular weight is 283 g/mol. The SMILES string of the molecule is CC(C)Cc1ccc(CCC(=O)NS(C)(=O)=O)cc1. The van der Waals surface area contributed by atoms with Gasteiger partial charge in [-0.15, -0.1) is 0 Å². The molecule has 0 fully saturated rings. The fourth-order valence-electron chi connectivity index (χ4n) is 1.83. The van der Waals surface area contributed by atoms with Gasteiger partial charge in [-0.3, -0.25) is 9.52 Å². The molecule has 0 aromatic heterocycles. The summed E-state index contributed by atoms with van der Waals surface area (Å²) < 4.78 is 23.7. The monoisotopic (exact) mass is 283 g/mol. The van der Waals surface area contributed by atoms with Crippen LogP contribution in [0.25, 0.3) is 0 Å². The number of benzene rings is 1. The van der Waals surface area contributed by atoms with Gasteiger partial charge in [0.15, 0.2) is 0 Å². The highest BCUT2D eigenvalue weighted by atomic mass is 32.2. The van der Waals surface area contributed by atoms with Gasteiger partial charge >= 0.3 is 0 Å². The zero-order valence-electron chi connectivity index (χ0n) is 11.6. The molecule has 19 heavy (non-hydrogen) atoms. The Morgan fingerprint density at radius 3 is 2.16 bits per heavy atom. The van der Waals surface area contributed by atoms with Gasteiger partial charge in [0.25, 0.3) is 0 Å². The molecule has 0 radical (unpaired) electrons. The Labute approximate surface area is 115 Å². The second-order valence-electron chi connectivity index (χ2n) is 5.21. The van der Waals surface area contributed by atoms with E-state index in [1.54, 1.807) is 0 Å². The summed E-state index contributed by atoms with van der Waals surface area (Å²) in [5.74, 6) is 0.153. The summed E-state index contributed by atoms with van der Waals surface area (Å²) in [5.41, 5.74) is 2.32. The largest absolute Gasteiger partial charge is 0.274 e. The quantitative estimate of drug-likeness (QED) is 0.867. The highest BCUT2D eigenvalue weighted by Crippen LogP contribution is 2.11. The normalized spacial score (nSPS) is 11.6. The summed E-state index contributed by atoms with van der Waals surface area (Å²) in [4.78, 5) is 11.4. The van der Waals surface area contributed by atoms with Crippen LogP contribution in [0.5, 0.6) is 0 Å². The van der Waals surface area contributed by atoms with Crippen LogP contribution in [-0.2, 0) is 27.7 Å². The first-order valence-corrected chi connectivity index (χ1v) is 8.24. The van der Waals surface area contributed by atoms with E-state index in [0.29, 0.717) is 12.3 Å². The van der Waals surface area contributed by atoms with Crippen molar-refractivity contribution in [1.29, 1.82) is 0 Å². The molecule has 0 atom stereocenters. The highest BCUT2D eigenvalue weighted by Gasteiger charge is 2.08. The fraction of sp³-hybridized carbons (Fsp3) is 0.500. The minimum Gasteiger partial charge on any atom is -0.274 e. The minimum absolute atomic E-state index is 0.177. The van der Waals surface area contributed by atoms with Crippen molar-refractivity contribution in [3.63, 3.8) is 0 Å². The Balaban J connectivity index is 2.48. The average Bonchev–Trinajstić information content (AvgIpc) is 2.25. The third-order valence-corrected chi connectivity index (χ3v) is 3.21. The van der Waals surface area contributed by atoms with Crippen LogP contribution in [0.3, 0.4) is 0 Å². The van der Waals surface area contributed by atoms with Crippen molar-refractivity contribution in [1.82, 2.24) is 4.72 Å². The van der Waals surface area contributed by atoms with E-state index in [0.717, 1.165) is 18.2 Å². The van der Waals surface area contributed by atoms with E-state index in [4.69, 9.17) is 0 Å². The Kier molecular flexibility index (Phi) is 5.54. The van der Waals surface area contributed by atoms with E-state index in [1.807, 2.05) is 16.9 Å². The zero-order chi connectivity index (χ0) is 14.5. The first-order chi connectivity index (χ1) is 8.76. The van der Waals surface area contributed by atoms with E-state index in [-0.39, 0.29) is 6.42 Å². The Hall–Kier alpha value is -1.36. The maximum absolute atomic E-state index is 11.4. The smallest absolute Gasteiger partial charge is 0.233 e. The first-order valence-electron chi connectivity index (χ1n) is 6.34. The highest BCUT2D eigenvalue weighted by molar-refractivity contribution is 7.89. The van der Waals surface area contributed by atoms with Gasteiger partial charge in [-0.25, -0.2) is 8.42 Å². The molecular weight excluding hydrogens is 262 g/mol. The molecule has 0 saturated heterocycles. The van der Waals surface area contributed by atoms with Crippen molar-refractivity contribution in [2.24, 2.45) is 5.92 Å².